The first kappa shape index (κ1) is 17.6. The fourth-order valence-corrected chi connectivity index (χ4v) is 2.69. The molecule has 6 heteroatoms. The number of ether oxygens (including phenoxy) is 1. The van der Waals surface area contributed by atoms with E-state index in [4.69, 9.17) is 9.84 Å². The van der Waals surface area contributed by atoms with Gasteiger partial charge in [0.1, 0.15) is 12.4 Å². The predicted molar refractivity (Wildman–Crippen MR) is 95.2 cm³/mol. The Kier molecular flexibility index (Phi) is 5.30. The molecule has 0 aliphatic heterocycles. The van der Waals surface area contributed by atoms with E-state index in [9.17, 15) is 9.18 Å². The van der Waals surface area contributed by atoms with E-state index in [1.165, 1.54) is 12.1 Å². The van der Waals surface area contributed by atoms with Crippen molar-refractivity contribution in [1.82, 2.24) is 9.55 Å². The molecular formula is C20H17FN2O3. The Bertz CT molecular complexity index is 998. The first-order valence-electron chi connectivity index (χ1n) is 8.13. The second kappa shape index (κ2) is 7.81. The molecule has 0 fully saturated rings. The molecule has 132 valence electrons. The van der Waals surface area contributed by atoms with Crippen LogP contribution in [0.25, 0.3) is 10.9 Å². The lowest BCUT2D eigenvalue weighted by atomic mass is 10.1. The minimum absolute atomic E-state index is 0.125. The number of fused-ring (bicyclic) bond motifs is 1. The van der Waals surface area contributed by atoms with Gasteiger partial charge in [-0.25, -0.2) is 14.2 Å². The standard InChI is InChI=1S/C20H17FN2O3/c1-2-26-20(25)19-17(4-3-11-24)16-9-10-23(18(16)12-22-19)13-14-5-7-15(21)8-6-14/h5-10,12,24H,2,11,13H2,1H3. The van der Waals surface area contributed by atoms with Crippen molar-refractivity contribution in [2.24, 2.45) is 0 Å². The van der Waals surface area contributed by atoms with Crippen molar-refractivity contribution in [3.05, 3.63) is 65.4 Å². The van der Waals surface area contributed by atoms with Gasteiger partial charge in [-0.2, -0.15) is 0 Å². The van der Waals surface area contributed by atoms with Gasteiger partial charge in [0, 0.05) is 18.1 Å². The third kappa shape index (κ3) is 3.58. The Morgan fingerprint density at radius 1 is 1.31 bits per heavy atom. The SMILES string of the molecule is CCOC(=O)c1ncc2c(ccn2Cc2ccc(F)cc2)c1C#CCO. The van der Waals surface area contributed by atoms with Crippen molar-refractivity contribution in [1.29, 1.82) is 0 Å². The van der Waals surface area contributed by atoms with E-state index in [0.29, 0.717) is 12.1 Å². The van der Waals surface area contributed by atoms with Gasteiger partial charge >= 0.3 is 5.97 Å². The van der Waals surface area contributed by atoms with Gasteiger partial charge in [-0.1, -0.05) is 24.0 Å². The molecule has 0 amide bonds. The Morgan fingerprint density at radius 2 is 2.08 bits per heavy atom. The van der Waals surface area contributed by atoms with E-state index in [2.05, 4.69) is 16.8 Å². The van der Waals surface area contributed by atoms with Crippen molar-refractivity contribution in [2.45, 2.75) is 13.5 Å². The van der Waals surface area contributed by atoms with Gasteiger partial charge in [-0.3, -0.25) is 0 Å². The first-order valence-corrected chi connectivity index (χ1v) is 8.13. The normalized spacial score (nSPS) is 10.4. The number of nitrogens with zero attached hydrogens (tertiary/aromatic N) is 2. The van der Waals surface area contributed by atoms with E-state index in [-0.39, 0.29) is 24.7 Å². The molecule has 0 spiro atoms. The Hall–Kier alpha value is -3.17. The zero-order valence-electron chi connectivity index (χ0n) is 14.2. The van der Waals surface area contributed by atoms with Crippen LogP contribution >= 0.6 is 0 Å². The summed E-state index contributed by atoms with van der Waals surface area (Å²) in [7, 11) is 0. The summed E-state index contributed by atoms with van der Waals surface area (Å²) in [5, 5.41) is 9.75. The van der Waals surface area contributed by atoms with Crippen molar-refractivity contribution in [3.8, 4) is 11.8 Å². The summed E-state index contributed by atoms with van der Waals surface area (Å²) in [5.74, 6) is 4.53. The number of hydrogen-bond acceptors (Lipinski definition) is 4. The van der Waals surface area contributed by atoms with Crippen molar-refractivity contribution in [3.63, 3.8) is 0 Å². The Balaban J connectivity index is 2.06. The number of carbonyl (C=O) groups excluding carboxylic acids is 1. The zero-order chi connectivity index (χ0) is 18.5. The number of benzene rings is 1. The molecule has 0 aliphatic carbocycles. The third-order valence-corrected chi connectivity index (χ3v) is 3.86. The average Bonchev–Trinajstić information content (AvgIpc) is 3.05. The summed E-state index contributed by atoms with van der Waals surface area (Å²) in [6, 6.07) is 8.10. The first-order chi connectivity index (χ1) is 12.6. The maximum Gasteiger partial charge on any atom is 0.358 e. The lowest BCUT2D eigenvalue weighted by Crippen LogP contribution is -2.10. The number of aliphatic hydroxyl groups excluding tert-OH is 1. The zero-order valence-corrected chi connectivity index (χ0v) is 14.2. The molecular weight excluding hydrogens is 335 g/mol. The maximum absolute atomic E-state index is 13.1. The van der Waals surface area contributed by atoms with E-state index in [0.717, 1.165) is 16.5 Å². The fraction of sp³-hybridized carbons (Fsp3) is 0.200. The molecule has 0 bridgehead atoms. The number of pyridine rings is 1. The summed E-state index contributed by atoms with van der Waals surface area (Å²) < 4.78 is 20.1. The number of aliphatic hydroxyl groups is 1. The van der Waals surface area contributed by atoms with Crippen LogP contribution < -0.4 is 0 Å². The third-order valence-electron chi connectivity index (χ3n) is 3.86. The van der Waals surface area contributed by atoms with Crippen LogP contribution in [-0.2, 0) is 11.3 Å². The highest BCUT2D eigenvalue weighted by Crippen LogP contribution is 2.23. The number of carbonyl (C=O) groups is 1. The van der Waals surface area contributed by atoms with Crippen LogP contribution in [-0.4, -0.2) is 33.8 Å². The van der Waals surface area contributed by atoms with Crippen LogP contribution in [0.4, 0.5) is 4.39 Å². The summed E-state index contributed by atoms with van der Waals surface area (Å²) in [6.45, 7) is 2.15. The number of halogens is 1. The summed E-state index contributed by atoms with van der Waals surface area (Å²) in [5.41, 5.74) is 2.26. The van der Waals surface area contributed by atoms with Gasteiger partial charge in [0.05, 0.1) is 23.9 Å². The summed E-state index contributed by atoms with van der Waals surface area (Å²) >= 11 is 0. The molecule has 1 N–H and O–H groups in total. The van der Waals surface area contributed by atoms with Crippen molar-refractivity contribution in [2.75, 3.05) is 13.2 Å². The molecule has 2 heterocycles. The minimum atomic E-state index is -0.553. The number of rotatable bonds is 4. The van der Waals surface area contributed by atoms with E-state index >= 15 is 0 Å². The maximum atomic E-state index is 13.1. The second-order valence-corrected chi connectivity index (χ2v) is 5.53. The smallest absolute Gasteiger partial charge is 0.358 e. The highest BCUT2D eigenvalue weighted by Gasteiger charge is 2.18. The Morgan fingerprint density at radius 3 is 2.77 bits per heavy atom. The molecule has 1 aromatic carbocycles. The lowest BCUT2D eigenvalue weighted by Gasteiger charge is -2.08. The predicted octanol–water partition coefficient (Wildman–Crippen LogP) is 2.74. The van der Waals surface area contributed by atoms with Gasteiger partial charge in [-0.15, -0.1) is 0 Å². The number of aromatic nitrogens is 2. The molecule has 5 nitrogen and oxygen atoms in total. The molecule has 0 radical (unpaired) electrons. The van der Waals surface area contributed by atoms with Gasteiger partial charge in [-0.05, 0) is 30.7 Å². The largest absolute Gasteiger partial charge is 0.461 e. The van der Waals surface area contributed by atoms with Crippen LogP contribution in [0.15, 0.2) is 42.7 Å². The highest BCUT2D eigenvalue weighted by molar-refractivity contribution is 5.98. The highest BCUT2D eigenvalue weighted by atomic mass is 19.1. The molecule has 3 aromatic rings. The van der Waals surface area contributed by atoms with Crippen LogP contribution in [0.1, 0.15) is 28.5 Å². The van der Waals surface area contributed by atoms with Crippen LogP contribution in [0.5, 0.6) is 0 Å². The second-order valence-electron chi connectivity index (χ2n) is 5.53. The average molecular weight is 352 g/mol. The molecule has 0 saturated heterocycles. The number of hydrogen-bond donors (Lipinski definition) is 1. The van der Waals surface area contributed by atoms with Gasteiger partial charge in [0.2, 0.25) is 0 Å². The van der Waals surface area contributed by atoms with Gasteiger partial charge in [0.15, 0.2) is 5.69 Å². The number of esters is 1. The minimum Gasteiger partial charge on any atom is -0.461 e. The molecule has 0 aliphatic rings. The quantitative estimate of drug-likeness (QED) is 0.579. The van der Waals surface area contributed by atoms with Gasteiger partial charge in [0.25, 0.3) is 0 Å². The Labute approximate surface area is 150 Å². The summed E-state index contributed by atoms with van der Waals surface area (Å²) in [4.78, 5) is 16.4. The molecule has 0 unspecified atom stereocenters. The fourth-order valence-electron chi connectivity index (χ4n) is 2.69. The topological polar surface area (TPSA) is 64.3 Å². The van der Waals surface area contributed by atoms with Crippen molar-refractivity contribution >= 4 is 16.9 Å². The van der Waals surface area contributed by atoms with Crippen LogP contribution in [0.2, 0.25) is 0 Å². The monoisotopic (exact) mass is 352 g/mol. The summed E-state index contributed by atoms with van der Waals surface area (Å²) in [6.07, 6.45) is 3.45. The van der Waals surface area contributed by atoms with E-state index in [1.54, 1.807) is 25.3 Å². The van der Waals surface area contributed by atoms with Crippen LogP contribution in [0.3, 0.4) is 0 Å². The molecule has 0 saturated carbocycles. The van der Waals surface area contributed by atoms with E-state index < -0.39 is 5.97 Å². The lowest BCUT2D eigenvalue weighted by molar-refractivity contribution is 0.0519. The van der Waals surface area contributed by atoms with Crippen LogP contribution in [0, 0.1) is 17.7 Å². The van der Waals surface area contributed by atoms with Gasteiger partial charge < -0.3 is 14.4 Å². The van der Waals surface area contributed by atoms with Crippen molar-refractivity contribution < 1.29 is 19.0 Å². The van der Waals surface area contributed by atoms with E-state index in [1.807, 2.05) is 16.8 Å². The molecule has 26 heavy (non-hydrogen) atoms. The molecule has 2 aromatic heterocycles. The molecule has 0 atom stereocenters. The molecule has 3 rings (SSSR count).